The lowest BCUT2D eigenvalue weighted by Crippen LogP contribution is -2.06. The Morgan fingerprint density at radius 3 is 2.60 bits per heavy atom. The number of para-hydroxylation sites is 1. The van der Waals surface area contributed by atoms with E-state index in [1.54, 1.807) is 6.07 Å². The van der Waals surface area contributed by atoms with Crippen molar-refractivity contribution in [3.8, 4) is 11.8 Å². The van der Waals surface area contributed by atoms with Crippen LogP contribution >= 0.6 is 0 Å². The molecule has 0 bridgehead atoms. The minimum atomic E-state index is -0.428. The van der Waals surface area contributed by atoms with Gasteiger partial charge in [0.1, 0.15) is 18.2 Å². The first-order chi connectivity index (χ1) is 9.78. The molecule has 0 fully saturated rings. The molecular weight excluding hydrogens is 257 g/mol. The van der Waals surface area contributed by atoms with Gasteiger partial charge in [0.05, 0.1) is 24.8 Å². The van der Waals surface area contributed by atoms with E-state index in [2.05, 4.69) is 0 Å². The SMILES string of the molecule is N#Cc1cc(F)cc(COCCOc2ccccc2)c1. The average molecular weight is 271 g/mol. The molecule has 2 aromatic rings. The van der Waals surface area contributed by atoms with Gasteiger partial charge in [-0.1, -0.05) is 18.2 Å². The second-order valence-corrected chi connectivity index (χ2v) is 4.17. The fraction of sp³-hybridized carbons (Fsp3) is 0.188. The van der Waals surface area contributed by atoms with Crippen molar-refractivity contribution in [2.75, 3.05) is 13.2 Å². The maximum atomic E-state index is 13.2. The van der Waals surface area contributed by atoms with Gasteiger partial charge in [-0.15, -0.1) is 0 Å². The molecule has 0 aromatic heterocycles. The summed E-state index contributed by atoms with van der Waals surface area (Å²) in [5, 5.41) is 8.74. The number of rotatable bonds is 6. The van der Waals surface area contributed by atoms with E-state index in [0.29, 0.717) is 24.3 Å². The quantitative estimate of drug-likeness (QED) is 0.757. The Balaban J connectivity index is 1.74. The van der Waals surface area contributed by atoms with Crippen LogP contribution in [0.1, 0.15) is 11.1 Å². The molecule has 0 aliphatic heterocycles. The molecule has 0 heterocycles. The van der Waals surface area contributed by atoms with E-state index < -0.39 is 5.82 Å². The summed E-state index contributed by atoms with van der Waals surface area (Å²) in [6, 6.07) is 15.5. The summed E-state index contributed by atoms with van der Waals surface area (Å²) in [5.74, 6) is 0.358. The highest BCUT2D eigenvalue weighted by atomic mass is 19.1. The van der Waals surface area contributed by atoms with Gasteiger partial charge in [0, 0.05) is 0 Å². The lowest BCUT2D eigenvalue weighted by molar-refractivity contribution is 0.0888. The van der Waals surface area contributed by atoms with E-state index in [4.69, 9.17) is 14.7 Å². The van der Waals surface area contributed by atoms with Gasteiger partial charge in [-0.2, -0.15) is 5.26 Å². The van der Waals surface area contributed by atoms with Crippen molar-refractivity contribution < 1.29 is 13.9 Å². The van der Waals surface area contributed by atoms with Crippen LogP contribution in [0.15, 0.2) is 48.5 Å². The third-order valence-electron chi connectivity index (χ3n) is 2.60. The summed E-state index contributed by atoms with van der Waals surface area (Å²) in [7, 11) is 0. The van der Waals surface area contributed by atoms with Crippen LogP contribution in [0.2, 0.25) is 0 Å². The molecule has 0 radical (unpaired) electrons. The zero-order valence-corrected chi connectivity index (χ0v) is 10.9. The van der Waals surface area contributed by atoms with Gasteiger partial charge in [-0.05, 0) is 35.9 Å². The molecule has 2 aromatic carbocycles. The first-order valence-corrected chi connectivity index (χ1v) is 6.23. The van der Waals surface area contributed by atoms with Crippen molar-refractivity contribution >= 4 is 0 Å². The van der Waals surface area contributed by atoms with E-state index in [1.165, 1.54) is 12.1 Å². The maximum Gasteiger partial charge on any atom is 0.124 e. The molecule has 0 N–H and O–H groups in total. The lowest BCUT2D eigenvalue weighted by atomic mass is 10.1. The smallest absolute Gasteiger partial charge is 0.124 e. The van der Waals surface area contributed by atoms with Gasteiger partial charge in [0.15, 0.2) is 0 Å². The third kappa shape index (κ3) is 4.38. The van der Waals surface area contributed by atoms with Gasteiger partial charge in [0.25, 0.3) is 0 Å². The summed E-state index contributed by atoms with van der Waals surface area (Å²) in [6.45, 7) is 1.07. The monoisotopic (exact) mass is 271 g/mol. The molecule has 102 valence electrons. The number of benzene rings is 2. The van der Waals surface area contributed by atoms with Crippen molar-refractivity contribution in [1.82, 2.24) is 0 Å². The maximum absolute atomic E-state index is 13.2. The van der Waals surface area contributed by atoms with Gasteiger partial charge in [0.2, 0.25) is 0 Å². The average Bonchev–Trinajstić information content (AvgIpc) is 2.47. The standard InChI is InChI=1S/C16H14FNO2/c17-15-9-13(11-18)8-14(10-15)12-19-6-7-20-16-4-2-1-3-5-16/h1-5,8-10H,6-7,12H2. The summed E-state index contributed by atoms with van der Waals surface area (Å²) in [4.78, 5) is 0. The first-order valence-electron chi connectivity index (χ1n) is 6.23. The van der Waals surface area contributed by atoms with Crippen LogP contribution in [0.3, 0.4) is 0 Å². The Bertz CT molecular complexity index is 593. The molecule has 2 rings (SSSR count). The zero-order chi connectivity index (χ0) is 14.2. The molecule has 0 amide bonds. The molecule has 0 atom stereocenters. The normalized spacial score (nSPS) is 10.0. The van der Waals surface area contributed by atoms with Crippen LogP contribution in [-0.2, 0) is 11.3 Å². The topological polar surface area (TPSA) is 42.2 Å². The summed E-state index contributed by atoms with van der Waals surface area (Å²) in [5.41, 5.74) is 0.936. The minimum absolute atomic E-state index is 0.255. The highest BCUT2D eigenvalue weighted by Gasteiger charge is 2.01. The van der Waals surface area contributed by atoms with Crippen LogP contribution < -0.4 is 4.74 Å². The molecule has 0 saturated heterocycles. The van der Waals surface area contributed by atoms with E-state index in [1.807, 2.05) is 36.4 Å². The number of hydrogen-bond donors (Lipinski definition) is 0. The Kier molecular flexibility index (Phi) is 5.10. The molecule has 0 aliphatic carbocycles. The molecular formula is C16H14FNO2. The number of hydrogen-bond acceptors (Lipinski definition) is 3. The second kappa shape index (κ2) is 7.27. The Morgan fingerprint density at radius 1 is 1.05 bits per heavy atom. The second-order valence-electron chi connectivity index (χ2n) is 4.17. The predicted octanol–water partition coefficient (Wildman–Crippen LogP) is 3.29. The Morgan fingerprint density at radius 2 is 1.85 bits per heavy atom. The van der Waals surface area contributed by atoms with Gasteiger partial charge < -0.3 is 9.47 Å². The number of ether oxygens (including phenoxy) is 2. The van der Waals surface area contributed by atoms with Crippen LogP contribution in [0, 0.1) is 17.1 Å². The molecule has 0 spiro atoms. The van der Waals surface area contributed by atoms with Gasteiger partial charge in [-0.25, -0.2) is 4.39 Å². The molecule has 3 nitrogen and oxygen atoms in total. The summed E-state index contributed by atoms with van der Waals surface area (Å²) in [6.07, 6.45) is 0. The Labute approximate surface area is 117 Å². The first kappa shape index (κ1) is 14.0. The van der Waals surface area contributed by atoms with E-state index in [-0.39, 0.29) is 6.61 Å². The number of halogens is 1. The highest BCUT2D eigenvalue weighted by Crippen LogP contribution is 2.10. The number of nitriles is 1. The minimum Gasteiger partial charge on any atom is -0.491 e. The predicted molar refractivity (Wildman–Crippen MR) is 72.7 cm³/mol. The third-order valence-corrected chi connectivity index (χ3v) is 2.60. The largest absolute Gasteiger partial charge is 0.491 e. The highest BCUT2D eigenvalue weighted by molar-refractivity contribution is 5.33. The zero-order valence-electron chi connectivity index (χ0n) is 10.9. The van der Waals surface area contributed by atoms with Crippen LogP contribution in [0.25, 0.3) is 0 Å². The fourth-order valence-electron chi connectivity index (χ4n) is 1.72. The summed E-state index contributed by atoms with van der Waals surface area (Å²) >= 11 is 0. The lowest BCUT2D eigenvalue weighted by Gasteiger charge is -2.07. The summed E-state index contributed by atoms with van der Waals surface area (Å²) < 4.78 is 24.0. The van der Waals surface area contributed by atoms with Crippen LogP contribution in [0.5, 0.6) is 5.75 Å². The molecule has 20 heavy (non-hydrogen) atoms. The van der Waals surface area contributed by atoms with Crippen molar-refractivity contribution in [2.24, 2.45) is 0 Å². The van der Waals surface area contributed by atoms with Crippen LogP contribution in [0.4, 0.5) is 4.39 Å². The number of nitrogens with zero attached hydrogens (tertiary/aromatic N) is 1. The van der Waals surface area contributed by atoms with Crippen molar-refractivity contribution in [3.05, 3.63) is 65.5 Å². The molecule has 0 unspecified atom stereocenters. The van der Waals surface area contributed by atoms with Crippen molar-refractivity contribution in [1.29, 1.82) is 5.26 Å². The van der Waals surface area contributed by atoms with Gasteiger partial charge in [-0.3, -0.25) is 0 Å². The van der Waals surface area contributed by atoms with Crippen molar-refractivity contribution in [3.63, 3.8) is 0 Å². The molecule has 0 aliphatic rings. The molecule has 0 saturated carbocycles. The molecule has 4 heteroatoms. The van der Waals surface area contributed by atoms with Crippen LogP contribution in [-0.4, -0.2) is 13.2 Å². The van der Waals surface area contributed by atoms with Gasteiger partial charge >= 0.3 is 0 Å². The van der Waals surface area contributed by atoms with E-state index in [0.717, 1.165) is 5.75 Å². The van der Waals surface area contributed by atoms with E-state index in [9.17, 15) is 4.39 Å². The Hall–Kier alpha value is -2.38. The van der Waals surface area contributed by atoms with Crippen molar-refractivity contribution in [2.45, 2.75) is 6.61 Å². The van der Waals surface area contributed by atoms with E-state index >= 15 is 0 Å². The fourth-order valence-corrected chi connectivity index (χ4v) is 1.72.